The first kappa shape index (κ1) is 13.4. The molecule has 0 bridgehead atoms. The van der Waals surface area contributed by atoms with Gasteiger partial charge in [-0.2, -0.15) is 0 Å². The summed E-state index contributed by atoms with van der Waals surface area (Å²) in [7, 11) is 0. The zero-order valence-electron chi connectivity index (χ0n) is 8.53. The summed E-state index contributed by atoms with van der Waals surface area (Å²) in [6.45, 7) is 0. The van der Waals surface area contributed by atoms with Gasteiger partial charge in [0.05, 0.1) is 14.0 Å². The van der Waals surface area contributed by atoms with Crippen LogP contribution in [-0.4, -0.2) is 0 Å². The maximum Gasteiger partial charge on any atom is 0.154 e. The minimum absolute atomic E-state index is 0.606. The lowest BCUT2D eigenvalue weighted by atomic mass is 10.1. The highest BCUT2D eigenvalue weighted by molar-refractivity contribution is 9.15. The first-order chi connectivity index (χ1) is 8.52. The van der Waals surface area contributed by atoms with Gasteiger partial charge in [0.15, 0.2) is 11.2 Å². The molecule has 0 unspecified atom stereocenters. The molecule has 1 nitrogen and oxygen atoms in total. The van der Waals surface area contributed by atoms with Crippen LogP contribution in [-0.2, 0) is 0 Å². The van der Waals surface area contributed by atoms with Gasteiger partial charge in [0.1, 0.15) is 0 Å². The first-order valence-electron chi connectivity index (χ1n) is 4.85. The second-order valence-corrected chi connectivity index (χ2v) is 7.26. The Morgan fingerprint density at radius 3 is 2.22 bits per heavy atom. The van der Waals surface area contributed by atoms with Gasteiger partial charge in [-0.25, -0.2) is 0 Å². The summed E-state index contributed by atoms with van der Waals surface area (Å²) in [4.78, 5) is 0. The van der Waals surface area contributed by atoms with Crippen molar-refractivity contribution in [1.29, 1.82) is 0 Å². The maximum atomic E-state index is 6.16. The van der Waals surface area contributed by atoms with E-state index in [2.05, 4.69) is 63.7 Å². The SMILES string of the molecule is Clc1cccc2c1oc1c(Br)c(Br)c(Br)c(Br)c12. The third kappa shape index (κ3) is 1.82. The molecular weight excluding hydrogens is 515 g/mol. The summed E-state index contributed by atoms with van der Waals surface area (Å²) in [5.41, 5.74) is 1.46. The van der Waals surface area contributed by atoms with Crippen molar-refractivity contribution in [2.45, 2.75) is 0 Å². The van der Waals surface area contributed by atoms with Gasteiger partial charge in [0.25, 0.3) is 0 Å². The number of para-hydroxylation sites is 1. The molecule has 0 spiro atoms. The molecule has 6 heteroatoms. The third-order valence-corrected chi connectivity index (χ3v) is 7.69. The Kier molecular flexibility index (Phi) is 3.56. The van der Waals surface area contributed by atoms with Crippen LogP contribution in [0.4, 0.5) is 0 Å². The van der Waals surface area contributed by atoms with Gasteiger partial charge < -0.3 is 4.42 Å². The Balaban J connectivity index is 2.67. The molecule has 0 saturated carbocycles. The van der Waals surface area contributed by atoms with Crippen molar-refractivity contribution < 1.29 is 4.42 Å². The molecule has 92 valence electrons. The minimum atomic E-state index is 0.606. The largest absolute Gasteiger partial charge is 0.453 e. The summed E-state index contributed by atoms with van der Waals surface area (Å²) in [6, 6.07) is 5.72. The van der Waals surface area contributed by atoms with Crippen LogP contribution in [0.5, 0.6) is 0 Å². The number of rotatable bonds is 0. The average Bonchev–Trinajstić information content (AvgIpc) is 2.75. The summed E-state index contributed by atoms with van der Waals surface area (Å²) in [5, 5.41) is 2.59. The fourth-order valence-electron chi connectivity index (χ4n) is 1.86. The molecule has 1 aromatic heterocycles. The highest BCUT2D eigenvalue weighted by atomic mass is 79.9. The predicted octanol–water partition coefficient (Wildman–Crippen LogP) is 7.29. The molecule has 0 aliphatic carbocycles. The van der Waals surface area contributed by atoms with Crippen LogP contribution in [0.1, 0.15) is 0 Å². The fourth-order valence-corrected chi connectivity index (χ4v) is 4.45. The molecule has 0 radical (unpaired) electrons. The van der Waals surface area contributed by atoms with Crippen LogP contribution in [0.25, 0.3) is 21.9 Å². The minimum Gasteiger partial charge on any atom is -0.453 e. The molecule has 2 aromatic carbocycles. The van der Waals surface area contributed by atoms with Gasteiger partial charge in [0, 0.05) is 19.7 Å². The van der Waals surface area contributed by atoms with Gasteiger partial charge in [-0.1, -0.05) is 23.7 Å². The van der Waals surface area contributed by atoms with E-state index in [1.165, 1.54) is 0 Å². The zero-order chi connectivity index (χ0) is 13.0. The molecule has 0 atom stereocenters. The third-order valence-electron chi connectivity index (χ3n) is 2.66. The van der Waals surface area contributed by atoms with Gasteiger partial charge in [-0.3, -0.25) is 0 Å². The van der Waals surface area contributed by atoms with E-state index in [1.54, 1.807) is 0 Å². The summed E-state index contributed by atoms with van der Waals surface area (Å²) in [5.74, 6) is 0. The van der Waals surface area contributed by atoms with Crippen LogP contribution in [0.15, 0.2) is 40.5 Å². The standard InChI is InChI=1S/C12H3Br4ClO/c13-7-6-4-2-1-3-5(17)11(4)18-12(6)10(16)9(15)8(7)14/h1-3H. The Morgan fingerprint density at radius 1 is 0.833 bits per heavy atom. The second-order valence-electron chi connectivity index (χ2n) is 3.68. The van der Waals surface area contributed by atoms with Crippen LogP contribution in [0.2, 0.25) is 5.02 Å². The number of hydrogen-bond acceptors (Lipinski definition) is 1. The van der Waals surface area contributed by atoms with Crippen LogP contribution in [0.3, 0.4) is 0 Å². The van der Waals surface area contributed by atoms with Crippen LogP contribution >= 0.6 is 75.3 Å². The number of hydrogen-bond donors (Lipinski definition) is 0. The van der Waals surface area contributed by atoms with Crippen molar-refractivity contribution in [3.63, 3.8) is 0 Å². The Morgan fingerprint density at radius 2 is 1.50 bits per heavy atom. The Bertz CT molecular complexity index is 794. The van der Waals surface area contributed by atoms with Crippen LogP contribution in [0, 0.1) is 0 Å². The lowest BCUT2D eigenvalue weighted by molar-refractivity contribution is 0.666. The quantitative estimate of drug-likeness (QED) is 0.225. The van der Waals surface area contributed by atoms with E-state index in [1.807, 2.05) is 18.2 Å². The van der Waals surface area contributed by atoms with Crippen LogP contribution < -0.4 is 0 Å². The van der Waals surface area contributed by atoms with Crippen molar-refractivity contribution >= 4 is 97.3 Å². The van der Waals surface area contributed by atoms with E-state index in [0.29, 0.717) is 10.6 Å². The average molecular weight is 518 g/mol. The molecule has 1 heterocycles. The lowest BCUT2D eigenvalue weighted by Crippen LogP contribution is -1.78. The smallest absolute Gasteiger partial charge is 0.154 e. The molecule has 0 aliphatic heterocycles. The van der Waals surface area contributed by atoms with E-state index >= 15 is 0 Å². The highest BCUT2D eigenvalue weighted by Crippen LogP contribution is 2.47. The van der Waals surface area contributed by atoms with Gasteiger partial charge in [0.2, 0.25) is 0 Å². The second kappa shape index (κ2) is 4.77. The first-order valence-corrected chi connectivity index (χ1v) is 8.40. The highest BCUT2D eigenvalue weighted by Gasteiger charge is 2.20. The van der Waals surface area contributed by atoms with Crippen molar-refractivity contribution in [3.05, 3.63) is 41.1 Å². The van der Waals surface area contributed by atoms with E-state index in [0.717, 1.165) is 34.2 Å². The number of fused-ring (bicyclic) bond motifs is 3. The van der Waals surface area contributed by atoms with Gasteiger partial charge in [-0.05, 0) is 69.8 Å². The maximum absolute atomic E-state index is 6.16. The normalized spacial score (nSPS) is 11.6. The van der Waals surface area contributed by atoms with E-state index in [4.69, 9.17) is 16.0 Å². The molecule has 0 aliphatic rings. The van der Waals surface area contributed by atoms with Crippen molar-refractivity contribution in [1.82, 2.24) is 0 Å². The molecule has 0 N–H and O–H groups in total. The summed E-state index contributed by atoms with van der Waals surface area (Å²) >= 11 is 20.3. The topological polar surface area (TPSA) is 13.1 Å². The molecule has 0 fully saturated rings. The van der Waals surface area contributed by atoms with Crippen molar-refractivity contribution in [2.24, 2.45) is 0 Å². The number of benzene rings is 2. The molecule has 3 aromatic rings. The Hall–Kier alpha value is 0.450. The molecule has 18 heavy (non-hydrogen) atoms. The van der Waals surface area contributed by atoms with Crippen molar-refractivity contribution in [2.75, 3.05) is 0 Å². The number of halogens is 5. The Labute approximate surface area is 141 Å². The lowest BCUT2D eigenvalue weighted by Gasteiger charge is -2.04. The fraction of sp³-hybridized carbons (Fsp3) is 0. The van der Waals surface area contributed by atoms with E-state index < -0.39 is 0 Å². The monoisotopic (exact) mass is 514 g/mol. The summed E-state index contributed by atoms with van der Waals surface area (Å²) in [6.07, 6.45) is 0. The molecule has 0 amide bonds. The van der Waals surface area contributed by atoms with E-state index in [-0.39, 0.29) is 0 Å². The molecule has 0 saturated heterocycles. The van der Waals surface area contributed by atoms with Gasteiger partial charge in [-0.15, -0.1) is 0 Å². The number of furan rings is 1. The predicted molar refractivity (Wildman–Crippen MR) is 89.5 cm³/mol. The molecule has 3 rings (SSSR count). The van der Waals surface area contributed by atoms with Crippen molar-refractivity contribution in [3.8, 4) is 0 Å². The zero-order valence-corrected chi connectivity index (χ0v) is 15.6. The van der Waals surface area contributed by atoms with Gasteiger partial charge >= 0.3 is 0 Å². The van der Waals surface area contributed by atoms with E-state index in [9.17, 15) is 0 Å². The summed E-state index contributed by atoms with van der Waals surface area (Å²) < 4.78 is 9.51. The molecular formula is C12H3Br4ClO.